The molecule has 1 aliphatic rings. The van der Waals surface area contributed by atoms with Gasteiger partial charge in [-0.1, -0.05) is 113 Å². The zero-order valence-corrected chi connectivity index (χ0v) is 22.2. The van der Waals surface area contributed by atoms with Crippen LogP contribution in [-0.2, 0) is 10.0 Å². The number of nitrogens with one attached hydrogen (secondary N) is 1. The molecule has 1 fully saturated rings. The lowest BCUT2D eigenvalue weighted by Gasteiger charge is -2.39. The summed E-state index contributed by atoms with van der Waals surface area (Å²) in [7, 11) is -3.27. The van der Waals surface area contributed by atoms with Crippen LogP contribution in [0, 0.1) is 0 Å². The largest absolute Gasteiger partial charge is 0.290 e. The maximum Gasteiger partial charge on any atom is 0.224 e. The van der Waals surface area contributed by atoms with E-state index < -0.39 is 10.0 Å². The van der Waals surface area contributed by atoms with Crippen molar-refractivity contribution in [2.45, 2.75) is 64.3 Å². The Hall–Kier alpha value is -1.44. The number of hydrogen-bond acceptors (Lipinski definition) is 4. The van der Waals surface area contributed by atoms with Crippen LogP contribution in [0.2, 0.25) is 0 Å². The number of piperazine rings is 1. The zero-order valence-electron chi connectivity index (χ0n) is 20.6. The standard InChI is InChI=1S/C27H41N3O2S.ClH/c1-2-3-4-5-6-7-8-15-24-33(31,32)28-30-22-20-29(21-23-30)27(25-16-11-9-12-17-25)26-18-13-10-14-19-26;/h9-14,16-19,27-28H,2-8,15,20-24H2,1H3;1H. The second-order valence-electron chi connectivity index (χ2n) is 9.13. The Bertz CT molecular complexity index is 849. The van der Waals surface area contributed by atoms with E-state index in [0.29, 0.717) is 13.1 Å². The Balaban J connectivity index is 0.00000408. The summed E-state index contributed by atoms with van der Waals surface area (Å²) in [6.07, 6.45) is 9.25. The molecule has 0 amide bonds. The van der Waals surface area contributed by atoms with Crippen molar-refractivity contribution in [3.05, 3.63) is 71.8 Å². The van der Waals surface area contributed by atoms with E-state index in [0.717, 1.165) is 32.4 Å². The highest BCUT2D eigenvalue weighted by atomic mass is 35.5. The molecule has 34 heavy (non-hydrogen) atoms. The molecule has 0 bridgehead atoms. The number of halogens is 1. The van der Waals surface area contributed by atoms with Gasteiger partial charge in [0.15, 0.2) is 0 Å². The monoisotopic (exact) mass is 507 g/mol. The maximum absolute atomic E-state index is 12.6. The van der Waals surface area contributed by atoms with E-state index in [1.54, 1.807) is 0 Å². The van der Waals surface area contributed by atoms with Gasteiger partial charge in [0.05, 0.1) is 11.8 Å². The SMILES string of the molecule is CCCCCCCCCCS(=O)(=O)NN1CCN(C(c2ccccc2)c2ccccc2)CC1.Cl. The highest BCUT2D eigenvalue weighted by Crippen LogP contribution is 2.29. The predicted molar refractivity (Wildman–Crippen MR) is 145 cm³/mol. The van der Waals surface area contributed by atoms with E-state index >= 15 is 0 Å². The Kier molecular flexibility index (Phi) is 13.2. The number of nitrogens with zero attached hydrogens (tertiary/aromatic N) is 2. The third kappa shape index (κ3) is 9.67. The van der Waals surface area contributed by atoms with Crippen molar-refractivity contribution in [3.8, 4) is 0 Å². The summed E-state index contributed by atoms with van der Waals surface area (Å²) in [6.45, 7) is 5.23. The lowest BCUT2D eigenvalue weighted by atomic mass is 9.96. The lowest BCUT2D eigenvalue weighted by Crippen LogP contribution is -2.54. The van der Waals surface area contributed by atoms with Gasteiger partial charge in [0.25, 0.3) is 0 Å². The highest BCUT2D eigenvalue weighted by molar-refractivity contribution is 7.89. The molecule has 0 aliphatic carbocycles. The van der Waals surface area contributed by atoms with Crippen molar-refractivity contribution in [2.75, 3.05) is 31.9 Å². The number of hydrazine groups is 1. The summed E-state index contributed by atoms with van der Waals surface area (Å²) in [5.74, 6) is 0.221. The normalized spacial score (nSPS) is 15.4. The molecular formula is C27H42ClN3O2S. The van der Waals surface area contributed by atoms with Gasteiger partial charge in [-0.2, -0.15) is 0 Å². The minimum absolute atomic E-state index is 0. The third-order valence-corrected chi connectivity index (χ3v) is 7.81. The molecule has 1 aliphatic heterocycles. The average molecular weight is 508 g/mol. The second-order valence-corrected chi connectivity index (χ2v) is 11.0. The van der Waals surface area contributed by atoms with Crippen LogP contribution in [-0.4, -0.2) is 50.3 Å². The number of benzene rings is 2. The Morgan fingerprint density at radius 1 is 0.735 bits per heavy atom. The molecule has 0 radical (unpaired) electrons. The first-order valence-electron chi connectivity index (χ1n) is 12.7. The molecule has 1 N–H and O–H groups in total. The van der Waals surface area contributed by atoms with Gasteiger partial charge in [-0.3, -0.25) is 4.90 Å². The van der Waals surface area contributed by atoms with Crippen LogP contribution in [0.15, 0.2) is 60.7 Å². The quantitative estimate of drug-likeness (QED) is 0.329. The van der Waals surface area contributed by atoms with Crippen LogP contribution >= 0.6 is 12.4 Å². The van der Waals surface area contributed by atoms with Gasteiger partial charge in [0.1, 0.15) is 0 Å². The minimum atomic E-state index is -3.27. The van der Waals surface area contributed by atoms with E-state index in [1.165, 1.54) is 43.2 Å². The van der Waals surface area contributed by atoms with Crippen molar-refractivity contribution in [1.29, 1.82) is 0 Å². The van der Waals surface area contributed by atoms with Crippen molar-refractivity contribution in [2.24, 2.45) is 0 Å². The summed E-state index contributed by atoms with van der Waals surface area (Å²) >= 11 is 0. The number of rotatable bonds is 14. The van der Waals surface area contributed by atoms with Crippen molar-refractivity contribution >= 4 is 22.4 Å². The number of unbranched alkanes of at least 4 members (excludes halogenated alkanes) is 7. The summed E-state index contributed by atoms with van der Waals surface area (Å²) in [6, 6.07) is 21.3. The van der Waals surface area contributed by atoms with E-state index in [4.69, 9.17) is 0 Å². The van der Waals surface area contributed by atoms with Gasteiger partial charge in [0, 0.05) is 26.2 Å². The summed E-state index contributed by atoms with van der Waals surface area (Å²) in [4.78, 5) is 5.28. The first-order valence-corrected chi connectivity index (χ1v) is 14.3. The number of sulfonamides is 1. The zero-order chi connectivity index (χ0) is 23.4. The van der Waals surface area contributed by atoms with Gasteiger partial charge in [-0.05, 0) is 17.5 Å². The molecule has 2 aromatic carbocycles. The molecule has 0 unspecified atom stereocenters. The van der Waals surface area contributed by atoms with Gasteiger partial charge in [-0.25, -0.2) is 13.4 Å². The van der Waals surface area contributed by atoms with Crippen LogP contribution < -0.4 is 4.83 Å². The van der Waals surface area contributed by atoms with E-state index in [9.17, 15) is 8.42 Å². The second kappa shape index (κ2) is 15.5. The van der Waals surface area contributed by atoms with E-state index in [2.05, 4.69) is 65.2 Å². The van der Waals surface area contributed by atoms with Crippen molar-refractivity contribution in [1.82, 2.24) is 14.7 Å². The average Bonchev–Trinajstić information content (AvgIpc) is 2.83. The fourth-order valence-corrected chi connectivity index (χ4v) is 5.88. The van der Waals surface area contributed by atoms with Crippen LogP contribution in [0.4, 0.5) is 0 Å². The van der Waals surface area contributed by atoms with Crippen LogP contribution in [0.5, 0.6) is 0 Å². The molecule has 0 atom stereocenters. The molecule has 3 rings (SSSR count). The Morgan fingerprint density at radius 2 is 1.21 bits per heavy atom. The first kappa shape index (κ1) is 28.8. The van der Waals surface area contributed by atoms with Crippen molar-refractivity contribution in [3.63, 3.8) is 0 Å². The van der Waals surface area contributed by atoms with Crippen LogP contribution in [0.3, 0.4) is 0 Å². The highest BCUT2D eigenvalue weighted by Gasteiger charge is 2.27. The molecule has 0 saturated carbocycles. The third-order valence-electron chi connectivity index (χ3n) is 6.44. The van der Waals surface area contributed by atoms with Crippen molar-refractivity contribution < 1.29 is 8.42 Å². The first-order chi connectivity index (χ1) is 16.1. The fourth-order valence-electron chi connectivity index (χ4n) is 4.62. The predicted octanol–water partition coefficient (Wildman–Crippen LogP) is 5.79. The van der Waals surface area contributed by atoms with Crippen LogP contribution in [0.25, 0.3) is 0 Å². The molecule has 1 heterocycles. The summed E-state index contributed by atoms with van der Waals surface area (Å²) in [5.41, 5.74) is 2.54. The lowest BCUT2D eigenvalue weighted by molar-refractivity contribution is 0.0950. The Morgan fingerprint density at radius 3 is 1.71 bits per heavy atom. The topological polar surface area (TPSA) is 52.7 Å². The smallest absolute Gasteiger partial charge is 0.224 e. The molecule has 1 saturated heterocycles. The van der Waals surface area contributed by atoms with Gasteiger partial charge in [0.2, 0.25) is 10.0 Å². The van der Waals surface area contributed by atoms with Crippen LogP contribution in [0.1, 0.15) is 75.5 Å². The summed E-state index contributed by atoms with van der Waals surface area (Å²) in [5, 5.41) is 1.88. The molecule has 2 aromatic rings. The molecular weight excluding hydrogens is 466 g/mol. The van der Waals surface area contributed by atoms with E-state index in [-0.39, 0.29) is 24.2 Å². The number of hydrogen-bond donors (Lipinski definition) is 1. The molecule has 7 heteroatoms. The fraction of sp³-hybridized carbons (Fsp3) is 0.556. The van der Waals surface area contributed by atoms with Gasteiger partial charge in [-0.15, -0.1) is 17.2 Å². The maximum atomic E-state index is 12.6. The molecule has 190 valence electrons. The Labute approximate surface area is 213 Å². The molecule has 5 nitrogen and oxygen atoms in total. The van der Waals surface area contributed by atoms with Gasteiger partial charge < -0.3 is 0 Å². The molecule has 0 aromatic heterocycles. The van der Waals surface area contributed by atoms with Gasteiger partial charge >= 0.3 is 0 Å². The molecule has 0 spiro atoms. The van der Waals surface area contributed by atoms with E-state index in [1.807, 2.05) is 17.1 Å². The minimum Gasteiger partial charge on any atom is -0.290 e. The summed E-state index contributed by atoms with van der Waals surface area (Å²) < 4.78 is 25.1.